The summed E-state index contributed by atoms with van der Waals surface area (Å²) in [6.45, 7) is 12.0. The molecule has 0 unspecified atom stereocenters. The minimum atomic E-state index is 0.429. The van der Waals surface area contributed by atoms with Gasteiger partial charge in [0.25, 0.3) is 0 Å². The maximum Gasteiger partial charge on any atom is 0.0762 e. The molecule has 0 aliphatic carbocycles. The van der Waals surface area contributed by atoms with Crippen molar-refractivity contribution in [2.45, 2.75) is 60.0 Å². The van der Waals surface area contributed by atoms with Gasteiger partial charge in [-0.1, -0.05) is 27.7 Å². The Morgan fingerprint density at radius 3 is 2.76 bits per heavy atom. The van der Waals surface area contributed by atoms with Crippen LogP contribution in [0.5, 0.6) is 0 Å². The number of aryl methyl sites for hydroxylation is 1. The lowest BCUT2D eigenvalue weighted by Gasteiger charge is -2.17. The highest BCUT2D eigenvalue weighted by Gasteiger charge is 2.09. The third-order valence-electron chi connectivity index (χ3n) is 2.74. The second kappa shape index (κ2) is 6.80. The van der Waals surface area contributed by atoms with Gasteiger partial charge in [0.1, 0.15) is 0 Å². The van der Waals surface area contributed by atoms with E-state index in [0.29, 0.717) is 5.41 Å². The van der Waals surface area contributed by atoms with Gasteiger partial charge in [-0.3, -0.25) is 4.68 Å². The molecule has 0 spiro atoms. The van der Waals surface area contributed by atoms with Crippen LogP contribution < -0.4 is 5.32 Å². The number of hydrogen-bond acceptors (Lipinski definition) is 2. The highest BCUT2D eigenvalue weighted by atomic mass is 15.3. The molecule has 3 heteroatoms. The highest BCUT2D eigenvalue weighted by Crippen LogP contribution is 2.20. The summed E-state index contributed by atoms with van der Waals surface area (Å²) in [5.74, 6) is 0. The van der Waals surface area contributed by atoms with Gasteiger partial charge in [-0.25, -0.2) is 0 Å². The summed E-state index contributed by atoms with van der Waals surface area (Å²) in [5.41, 5.74) is 1.58. The van der Waals surface area contributed by atoms with Gasteiger partial charge >= 0.3 is 0 Å². The Morgan fingerprint density at radius 2 is 2.12 bits per heavy atom. The molecule has 0 aliphatic heterocycles. The zero-order chi connectivity index (χ0) is 12.7. The summed E-state index contributed by atoms with van der Waals surface area (Å²) in [7, 11) is 0. The van der Waals surface area contributed by atoms with Crippen LogP contribution in [0.1, 0.15) is 52.7 Å². The molecule has 1 N–H and O–H groups in total. The van der Waals surface area contributed by atoms with Crippen LogP contribution >= 0.6 is 0 Å². The van der Waals surface area contributed by atoms with E-state index < -0.39 is 0 Å². The molecule has 0 atom stereocenters. The second-order valence-corrected chi connectivity index (χ2v) is 5.91. The van der Waals surface area contributed by atoms with Crippen LogP contribution in [0, 0.1) is 5.41 Å². The summed E-state index contributed by atoms with van der Waals surface area (Å²) >= 11 is 0. The lowest BCUT2D eigenvalue weighted by atomic mass is 9.91. The molecule has 0 saturated carbocycles. The van der Waals surface area contributed by atoms with Crippen LogP contribution in [0.4, 0.5) is 0 Å². The molecule has 1 aromatic heterocycles. The maximum absolute atomic E-state index is 4.56. The molecule has 0 saturated heterocycles. The van der Waals surface area contributed by atoms with Crippen LogP contribution in [0.3, 0.4) is 0 Å². The van der Waals surface area contributed by atoms with Gasteiger partial charge in [0.15, 0.2) is 0 Å². The fourth-order valence-electron chi connectivity index (χ4n) is 1.79. The highest BCUT2D eigenvalue weighted by molar-refractivity contribution is 4.98. The monoisotopic (exact) mass is 237 g/mol. The SMILES string of the molecule is CCCNCc1ccn(CCCC(C)(C)C)n1. The van der Waals surface area contributed by atoms with Crippen molar-refractivity contribution in [1.82, 2.24) is 15.1 Å². The number of aromatic nitrogens is 2. The average molecular weight is 237 g/mol. The molecule has 0 radical (unpaired) electrons. The Morgan fingerprint density at radius 1 is 1.35 bits per heavy atom. The number of nitrogens with zero attached hydrogens (tertiary/aromatic N) is 2. The van der Waals surface area contributed by atoms with Crippen molar-refractivity contribution in [2.24, 2.45) is 5.41 Å². The first-order chi connectivity index (χ1) is 8.01. The fourth-order valence-corrected chi connectivity index (χ4v) is 1.79. The van der Waals surface area contributed by atoms with Crippen molar-refractivity contribution < 1.29 is 0 Å². The van der Waals surface area contributed by atoms with Gasteiger partial charge in [-0.2, -0.15) is 5.10 Å². The van der Waals surface area contributed by atoms with Crippen molar-refractivity contribution >= 4 is 0 Å². The zero-order valence-corrected chi connectivity index (χ0v) is 11.8. The topological polar surface area (TPSA) is 29.9 Å². The summed E-state index contributed by atoms with van der Waals surface area (Å²) < 4.78 is 2.06. The predicted molar refractivity (Wildman–Crippen MR) is 72.9 cm³/mol. The van der Waals surface area contributed by atoms with Gasteiger partial charge in [0.05, 0.1) is 5.69 Å². The molecule has 1 rings (SSSR count). The number of hydrogen-bond donors (Lipinski definition) is 1. The van der Waals surface area contributed by atoms with E-state index in [9.17, 15) is 0 Å². The Balaban J connectivity index is 2.26. The quantitative estimate of drug-likeness (QED) is 0.738. The van der Waals surface area contributed by atoms with Crippen LogP contribution in [0.25, 0.3) is 0 Å². The molecule has 0 bridgehead atoms. The van der Waals surface area contributed by atoms with E-state index in [-0.39, 0.29) is 0 Å². The molecular formula is C14H27N3. The molecule has 17 heavy (non-hydrogen) atoms. The van der Waals surface area contributed by atoms with Crippen molar-refractivity contribution in [3.05, 3.63) is 18.0 Å². The lowest BCUT2D eigenvalue weighted by Crippen LogP contribution is -2.14. The third-order valence-corrected chi connectivity index (χ3v) is 2.74. The van der Waals surface area contributed by atoms with Crippen LogP contribution in [-0.2, 0) is 13.1 Å². The Kier molecular flexibility index (Phi) is 5.69. The van der Waals surface area contributed by atoms with E-state index in [1.54, 1.807) is 0 Å². The molecular weight excluding hydrogens is 210 g/mol. The smallest absolute Gasteiger partial charge is 0.0762 e. The maximum atomic E-state index is 4.56. The number of nitrogens with one attached hydrogen (secondary N) is 1. The summed E-state index contributed by atoms with van der Waals surface area (Å²) in [5, 5.41) is 7.92. The van der Waals surface area contributed by atoms with Gasteiger partial charge in [-0.05, 0) is 37.3 Å². The van der Waals surface area contributed by atoms with E-state index in [1.165, 1.54) is 19.3 Å². The normalized spacial score (nSPS) is 12.0. The van der Waals surface area contributed by atoms with Gasteiger partial charge in [0, 0.05) is 19.3 Å². The predicted octanol–water partition coefficient (Wildman–Crippen LogP) is 3.21. The largest absolute Gasteiger partial charge is 0.311 e. The van der Waals surface area contributed by atoms with E-state index in [2.05, 4.69) is 55.1 Å². The van der Waals surface area contributed by atoms with Gasteiger partial charge in [-0.15, -0.1) is 0 Å². The van der Waals surface area contributed by atoms with Crippen LogP contribution in [0.15, 0.2) is 12.3 Å². The molecule has 0 amide bonds. The molecule has 3 nitrogen and oxygen atoms in total. The Labute approximate surface area is 106 Å². The molecule has 98 valence electrons. The second-order valence-electron chi connectivity index (χ2n) is 5.91. The van der Waals surface area contributed by atoms with Crippen molar-refractivity contribution in [1.29, 1.82) is 0 Å². The first-order valence-corrected chi connectivity index (χ1v) is 6.74. The lowest BCUT2D eigenvalue weighted by molar-refractivity contribution is 0.348. The van der Waals surface area contributed by atoms with Crippen molar-refractivity contribution in [3.63, 3.8) is 0 Å². The summed E-state index contributed by atoms with van der Waals surface area (Å²) in [4.78, 5) is 0. The Bertz CT molecular complexity index is 310. The third kappa shape index (κ3) is 6.47. The molecule has 1 heterocycles. The van der Waals surface area contributed by atoms with E-state index in [1.807, 2.05) is 0 Å². The van der Waals surface area contributed by atoms with E-state index >= 15 is 0 Å². The molecule has 0 aromatic carbocycles. The van der Waals surface area contributed by atoms with Gasteiger partial charge in [0.2, 0.25) is 0 Å². The minimum Gasteiger partial charge on any atom is -0.311 e. The van der Waals surface area contributed by atoms with E-state index in [4.69, 9.17) is 0 Å². The average Bonchev–Trinajstić information content (AvgIpc) is 2.64. The first kappa shape index (κ1) is 14.2. The van der Waals surface area contributed by atoms with Crippen molar-refractivity contribution in [3.8, 4) is 0 Å². The van der Waals surface area contributed by atoms with Crippen LogP contribution in [-0.4, -0.2) is 16.3 Å². The molecule has 0 aliphatic rings. The fraction of sp³-hybridized carbons (Fsp3) is 0.786. The van der Waals surface area contributed by atoms with Crippen LogP contribution in [0.2, 0.25) is 0 Å². The first-order valence-electron chi connectivity index (χ1n) is 6.74. The zero-order valence-electron chi connectivity index (χ0n) is 11.8. The summed E-state index contributed by atoms with van der Waals surface area (Å²) in [6.07, 6.45) is 5.71. The number of rotatable bonds is 7. The molecule has 1 aromatic rings. The minimum absolute atomic E-state index is 0.429. The summed E-state index contributed by atoms with van der Waals surface area (Å²) in [6, 6.07) is 2.11. The Hall–Kier alpha value is -0.830. The van der Waals surface area contributed by atoms with Gasteiger partial charge < -0.3 is 5.32 Å². The standard InChI is InChI=1S/C14H27N3/c1-5-9-15-12-13-7-11-17(16-13)10-6-8-14(2,3)4/h7,11,15H,5-6,8-10,12H2,1-4H3. The van der Waals surface area contributed by atoms with Crippen molar-refractivity contribution in [2.75, 3.05) is 6.54 Å². The molecule has 0 fully saturated rings. The van der Waals surface area contributed by atoms with E-state index in [0.717, 1.165) is 25.3 Å².